The lowest BCUT2D eigenvalue weighted by Gasteiger charge is -2.12. The quantitative estimate of drug-likeness (QED) is 0.381. The summed E-state index contributed by atoms with van der Waals surface area (Å²) in [5.74, 6) is 0.591. The summed E-state index contributed by atoms with van der Waals surface area (Å²) < 4.78 is 19.0. The summed E-state index contributed by atoms with van der Waals surface area (Å²) in [6, 6.07) is 10.8. The molecule has 5 nitrogen and oxygen atoms in total. The van der Waals surface area contributed by atoms with Crippen molar-refractivity contribution >= 4 is 29.9 Å². The number of hydrogen-bond donors (Lipinski definition) is 2. The van der Waals surface area contributed by atoms with E-state index in [2.05, 4.69) is 20.6 Å². The third-order valence-electron chi connectivity index (χ3n) is 3.38. The van der Waals surface area contributed by atoms with Gasteiger partial charge in [-0.1, -0.05) is 12.1 Å². The highest BCUT2D eigenvalue weighted by molar-refractivity contribution is 14.0. The molecule has 1 aromatic heterocycles. The Morgan fingerprint density at radius 2 is 2.08 bits per heavy atom. The number of nitrogens with one attached hydrogen (secondary N) is 2. The van der Waals surface area contributed by atoms with Gasteiger partial charge in [0.1, 0.15) is 0 Å². The van der Waals surface area contributed by atoms with E-state index in [9.17, 15) is 4.39 Å². The normalized spacial score (nSPS) is 10.8. The minimum atomic E-state index is -0.353. The summed E-state index contributed by atoms with van der Waals surface area (Å²) >= 11 is 0. The summed E-state index contributed by atoms with van der Waals surface area (Å²) in [6.07, 6.45) is 2.59. The fourth-order valence-electron chi connectivity index (χ4n) is 2.19. The molecule has 0 aliphatic heterocycles. The van der Waals surface area contributed by atoms with Crippen LogP contribution in [0.2, 0.25) is 0 Å². The first-order chi connectivity index (χ1) is 11.7. The number of benzene rings is 1. The largest absolute Gasteiger partial charge is 0.491 e. The lowest BCUT2D eigenvalue weighted by molar-refractivity contribution is 0.321. The molecule has 7 heteroatoms. The molecule has 0 aliphatic carbocycles. The van der Waals surface area contributed by atoms with E-state index in [0.29, 0.717) is 25.7 Å². The number of guanidine groups is 1. The Morgan fingerprint density at radius 3 is 2.72 bits per heavy atom. The van der Waals surface area contributed by atoms with Gasteiger partial charge in [-0.15, -0.1) is 24.0 Å². The molecule has 136 valence electrons. The predicted molar refractivity (Wildman–Crippen MR) is 109 cm³/mol. The van der Waals surface area contributed by atoms with Crippen LogP contribution in [0.5, 0.6) is 5.75 Å². The van der Waals surface area contributed by atoms with Crippen molar-refractivity contribution in [2.24, 2.45) is 4.99 Å². The predicted octanol–water partition coefficient (Wildman–Crippen LogP) is 3.15. The fraction of sp³-hybridized carbons (Fsp3) is 0.333. The minimum Gasteiger partial charge on any atom is -0.491 e. The monoisotopic (exact) mass is 458 g/mol. The number of ether oxygens (including phenoxy) is 1. The number of hydrogen-bond acceptors (Lipinski definition) is 3. The van der Waals surface area contributed by atoms with Gasteiger partial charge in [0.2, 0.25) is 0 Å². The highest BCUT2D eigenvalue weighted by Gasteiger charge is 2.05. The molecule has 0 unspecified atom stereocenters. The van der Waals surface area contributed by atoms with Crippen LogP contribution in [0.4, 0.5) is 4.39 Å². The second-order valence-corrected chi connectivity index (χ2v) is 5.12. The van der Waals surface area contributed by atoms with E-state index in [4.69, 9.17) is 4.74 Å². The summed E-state index contributed by atoms with van der Waals surface area (Å²) in [5.41, 5.74) is 1.85. The first-order valence-electron chi connectivity index (χ1n) is 7.98. The van der Waals surface area contributed by atoms with Crippen LogP contribution < -0.4 is 15.4 Å². The van der Waals surface area contributed by atoms with E-state index in [1.807, 2.05) is 31.2 Å². The van der Waals surface area contributed by atoms with E-state index >= 15 is 0 Å². The molecular formula is C18H24FIN4O. The second-order valence-electron chi connectivity index (χ2n) is 5.12. The molecule has 0 radical (unpaired) electrons. The molecule has 2 rings (SSSR count). The average Bonchev–Trinajstić information content (AvgIpc) is 2.61. The van der Waals surface area contributed by atoms with Gasteiger partial charge in [0, 0.05) is 38.4 Å². The molecule has 2 N–H and O–H groups in total. The Bertz CT molecular complexity index is 667. The molecule has 1 heterocycles. The lowest BCUT2D eigenvalue weighted by atomic mass is 10.2. The standard InChI is InChI=1S/C18H23FN4O.HI/c1-3-24-17-8-7-14(12-16(17)19)13-23-18(20-2)22-11-9-15-6-4-5-10-21-15;/h4-8,10,12H,3,9,11,13H2,1-2H3,(H2,20,22,23);1H. The molecule has 25 heavy (non-hydrogen) atoms. The molecule has 0 spiro atoms. The lowest BCUT2D eigenvalue weighted by Crippen LogP contribution is -2.37. The van der Waals surface area contributed by atoms with Crippen molar-refractivity contribution in [1.82, 2.24) is 15.6 Å². The van der Waals surface area contributed by atoms with Crippen molar-refractivity contribution in [3.63, 3.8) is 0 Å². The maximum absolute atomic E-state index is 13.8. The first kappa shape index (κ1) is 21.1. The summed E-state index contributed by atoms with van der Waals surface area (Å²) in [4.78, 5) is 8.43. The Labute approximate surface area is 165 Å². The van der Waals surface area contributed by atoms with Crippen molar-refractivity contribution < 1.29 is 9.13 Å². The van der Waals surface area contributed by atoms with Crippen molar-refractivity contribution in [2.45, 2.75) is 19.9 Å². The van der Waals surface area contributed by atoms with E-state index in [0.717, 1.165) is 17.7 Å². The molecule has 0 amide bonds. The summed E-state index contributed by atoms with van der Waals surface area (Å²) in [6.45, 7) is 3.47. The van der Waals surface area contributed by atoms with E-state index in [-0.39, 0.29) is 35.5 Å². The second kappa shape index (κ2) is 11.6. The maximum Gasteiger partial charge on any atom is 0.191 e. The topological polar surface area (TPSA) is 58.5 Å². The third kappa shape index (κ3) is 7.25. The Balaban J connectivity index is 0.00000312. The van der Waals surface area contributed by atoms with E-state index < -0.39 is 0 Å². The molecule has 0 saturated carbocycles. The van der Waals surface area contributed by atoms with E-state index in [1.165, 1.54) is 6.07 Å². The Hall–Kier alpha value is -1.90. The van der Waals surface area contributed by atoms with Gasteiger partial charge in [-0.05, 0) is 36.8 Å². The summed E-state index contributed by atoms with van der Waals surface area (Å²) in [5, 5.41) is 6.38. The molecule has 0 fully saturated rings. The molecule has 0 atom stereocenters. The number of pyridine rings is 1. The van der Waals surface area contributed by atoms with Gasteiger partial charge < -0.3 is 15.4 Å². The van der Waals surface area contributed by atoms with Crippen LogP contribution in [0, 0.1) is 5.82 Å². The molecule has 0 saturated heterocycles. The van der Waals surface area contributed by atoms with Crippen molar-refractivity contribution in [3.8, 4) is 5.75 Å². The van der Waals surface area contributed by atoms with Crippen LogP contribution in [-0.2, 0) is 13.0 Å². The van der Waals surface area contributed by atoms with Gasteiger partial charge in [-0.3, -0.25) is 9.98 Å². The Morgan fingerprint density at radius 1 is 1.24 bits per heavy atom. The number of nitrogens with zero attached hydrogens (tertiary/aromatic N) is 2. The van der Waals surface area contributed by atoms with Gasteiger partial charge in [0.25, 0.3) is 0 Å². The van der Waals surface area contributed by atoms with Crippen LogP contribution in [0.1, 0.15) is 18.2 Å². The van der Waals surface area contributed by atoms with E-state index in [1.54, 1.807) is 19.3 Å². The zero-order valence-electron chi connectivity index (χ0n) is 14.5. The molecule has 2 aromatic rings. The number of rotatable bonds is 7. The Kier molecular flexibility index (Phi) is 9.83. The summed E-state index contributed by atoms with van der Waals surface area (Å²) in [7, 11) is 1.70. The van der Waals surface area contributed by atoms with Crippen molar-refractivity contribution in [3.05, 3.63) is 59.7 Å². The number of aromatic nitrogens is 1. The van der Waals surface area contributed by atoms with Gasteiger partial charge in [0.15, 0.2) is 17.5 Å². The average molecular weight is 458 g/mol. The van der Waals surface area contributed by atoms with Crippen LogP contribution in [-0.4, -0.2) is 31.1 Å². The SMILES string of the molecule is CCOc1ccc(CNC(=NC)NCCc2ccccn2)cc1F.I. The van der Waals surface area contributed by atoms with Gasteiger partial charge >= 0.3 is 0 Å². The molecular weight excluding hydrogens is 434 g/mol. The zero-order valence-corrected chi connectivity index (χ0v) is 16.8. The molecule has 0 aliphatic rings. The van der Waals surface area contributed by atoms with Crippen LogP contribution in [0.15, 0.2) is 47.6 Å². The van der Waals surface area contributed by atoms with Crippen LogP contribution >= 0.6 is 24.0 Å². The van der Waals surface area contributed by atoms with Crippen LogP contribution in [0.3, 0.4) is 0 Å². The minimum absolute atomic E-state index is 0. The van der Waals surface area contributed by atoms with Crippen molar-refractivity contribution in [2.75, 3.05) is 20.2 Å². The highest BCUT2D eigenvalue weighted by Crippen LogP contribution is 2.18. The fourth-order valence-corrected chi connectivity index (χ4v) is 2.19. The first-order valence-corrected chi connectivity index (χ1v) is 7.98. The molecule has 1 aromatic carbocycles. The van der Waals surface area contributed by atoms with Gasteiger partial charge in [-0.25, -0.2) is 4.39 Å². The number of aliphatic imine (C=N–C) groups is 1. The maximum atomic E-state index is 13.8. The third-order valence-corrected chi connectivity index (χ3v) is 3.38. The van der Waals surface area contributed by atoms with Crippen LogP contribution in [0.25, 0.3) is 0 Å². The number of halogens is 2. The van der Waals surface area contributed by atoms with Gasteiger partial charge in [-0.2, -0.15) is 0 Å². The van der Waals surface area contributed by atoms with Gasteiger partial charge in [0.05, 0.1) is 6.61 Å². The zero-order chi connectivity index (χ0) is 17.2. The molecule has 0 bridgehead atoms. The smallest absolute Gasteiger partial charge is 0.191 e. The van der Waals surface area contributed by atoms with Crippen molar-refractivity contribution in [1.29, 1.82) is 0 Å². The highest BCUT2D eigenvalue weighted by atomic mass is 127.